The molecule has 0 spiro atoms. The van der Waals surface area contributed by atoms with Crippen molar-refractivity contribution >= 4 is 11.9 Å². The van der Waals surface area contributed by atoms with E-state index < -0.39 is 24.5 Å². The molecule has 0 aromatic heterocycles. The number of carbonyl (C=O) groups is 2. The molecule has 1 atom stereocenters. The van der Waals surface area contributed by atoms with Crippen LogP contribution in [-0.2, 0) is 14.3 Å². The van der Waals surface area contributed by atoms with Gasteiger partial charge < -0.3 is 14.9 Å². The minimum absolute atomic E-state index is 0.568. The summed E-state index contributed by atoms with van der Waals surface area (Å²) >= 11 is 0. The number of hydrogen-bond donors (Lipinski definition) is 2. The Kier molecular flexibility index (Phi) is 3.90. The number of aliphatic hydroxyl groups is 1. The molecule has 11 heavy (non-hydrogen) atoms. The quantitative estimate of drug-likeness (QED) is 0.428. The Hall–Kier alpha value is -1.36. The Morgan fingerprint density at radius 2 is 2.18 bits per heavy atom. The molecule has 0 saturated carbocycles. The standard InChI is InChI=1S/C6H8O5/c1-2-11-5(8)3-4(7)6(9)10/h2,4,7H,1,3H2,(H,9,10). The molecule has 62 valence electrons. The normalized spacial score (nSPS) is 11.7. The van der Waals surface area contributed by atoms with Crippen LogP contribution in [0.15, 0.2) is 12.8 Å². The molecule has 0 saturated heterocycles. The molecule has 0 aliphatic carbocycles. The van der Waals surface area contributed by atoms with Gasteiger partial charge in [-0.05, 0) is 0 Å². The van der Waals surface area contributed by atoms with Gasteiger partial charge in [-0.1, -0.05) is 6.58 Å². The predicted octanol–water partition coefficient (Wildman–Crippen LogP) is -0.491. The van der Waals surface area contributed by atoms with Crippen LogP contribution < -0.4 is 0 Å². The van der Waals surface area contributed by atoms with Crippen LogP contribution in [0.2, 0.25) is 0 Å². The van der Waals surface area contributed by atoms with Gasteiger partial charge in [0, 0.05) is 0 Å². The van der Waals surface area contributed by atoms with Crippen LogP contribution in [-0.4, -0.2) is 28.3 Å². The molecular formula is C6H8O5. The van der Waals surface area contributed by atoms with E-state index in [1.807, 2.05) is 0 Å². The van der Waals surface area contributed by atoms with Crippen LogP contribution in [0.1, 0.15) is 6.42 Å². The fourth-order valence-electron chi connectivity index (χ4n) is 0.386. The van der Waals surface area contributed by atoms with Gasteiger partial charge in [0.25, 0.3) is 0 Å². The molecule has 0 heterocycles. The Labute approximate surface area is 62.9 Å². The third-order valence-electron chi connectivity index (χ3n) is 0.860. The maximum atomic E-state index is 10.4. The predicted molar refractivity (Wildman–Crippen MR) is 34.5 cm³/mol. The molecule has 0 fully saturated rings. The highest BCUT2D eigenvalue weighted by Crippen LogP contribution is 1.94. The van der Waals surface area contributed by atoms with E-state index in [0.29, 0.717) is 0 Å². The smallest absolute Gasteiger partial charge is 0.333 e. The molecule has 0 aliphatic rings. The number of carboxylic acid groups (broad SMARTS) is 1. The zero-order chi connectivity index (χ0) is 8.85. The van der Waals surface area contributed by atoms with E-state index in [0.717, 1.165) is 6.26 Å². The van der Waals surface area contributed by atoms with E-state index in [1.165, 1.54) is 0 Å². The molecule has 0 aliphatic heterocycles. The van der Waals surface area contributed by atoms with Crippen molar-refractivity contribution < 1.29 is 24.5 Å². The van der Waals surface area contributed by atoms with Crippen molar-refractivity contribution in [1.29, 1.82) is 0 Å². The topological polar surface area (TPSA) is 83.8 Å². The highest BCUT2D eigenvalue weighted by atomic mass is 16.5. The second-order valence-electron chi connectivity index (χ2n) is 1.71. The van der Waals surface area contributed by atoms with Crippen molar-refractivity contribution in [2.24, 2.45) is 0 Å². The largest absolute Gasteiger partial charge is 0.479 e. The zero-order valence-electron chi connectivity index (χ0n) is 5.69. The summed E-state index contributed by atoms with van der Waals surface area (Å²) in [5.41, 5.74) is 0. The summed E-state index contributed by atoms with van der Waals surface area (Å²) in [6, 6.07) is 0. The summed E-state index contributed by atoms with van der Waals surface area (Å²) in [5.74, 6) is -2.28. The Bertz CT molecular complexity index is 174. The average molecular weight is 160 g/mol. The first-order valence-electron chi connectivity index (χ1n) is 2.79. The van der Waals surface area contributed by atoms with E-state index in [2.05, 4.69) is 11.3 Å². The van der Waals surface area contributed by atoms with Gasteiger partial charge in [0.05, 0.1) is 12.7 Å². The second-order valence-corrected chi connectivity index (χ2v) is 1.71. The lowest BCUT2D eigenvalue weighted by atomic mass is 10.3. The van der Waals surface area contributed by atoms with Crippen LogP contribution in [0.5, 0.6) is 0 Å². The molecule has 5 nitrogen and oxygen atoms in total. The number of aliphatic hydroxyl groups excluding tert-OH is 1. The summed E-state index contributed by atoms with van der Waals surface area (Å²) in [4.78, 5) is 20.4. The number of aliphatic carboxylic acids is 1. The molecule has 0 aromatic rings. The zero-order valence-corrected chi connectivity index (χ0v) is 5.69. The van der Waals surface area contributed by atoms with Gasteiger partial charge in [-0.2, -0.15) is 0 Å². The summed E-state index contributed by atoms with van der Waals surface area (Å²) in [5, 5.41) is 16.7. The van der Waals surface area contributed by atoms with Gasteiger partial charge in [-0.15, -0.1) is 0 Å². The monoisotopic (exact) mass is 160 g/mol. The number of hydrogen-bond acceptors (Lipinski definition) is 4. The Morgan fingerprint density at radius 1 is 1.64 bits per heavy atom. The summed E-state index contributed by atoms with van der Waals surface area (Å²) < 4.78 is 4.16. The molecule has 1 unspecified atom stereocenters. The van der Waals surface area contributed by atoms with E-state index in [9.17, 15) is 9.59 Å². The van der Waals surface area contributed by atoms with Gasteiger partial charge in [0.2, 0.25) is 0 Å². The molecule has 0 amide bonds. The van der Waals surface area contributed by atoms with Crippen LogP contribution in [0.4, 0.5) is 0 Å². The van der Waals surface area contributed by atoms with Gasteiger partial charge in [-0.25, -0.2) is 4.79 Å². The Morgan fingerprint density at radius 3 is 2.55 bits per heavy atom. The van der Waals surface area contributed by atoms with Crippen molar-refractivity contribution in [2.75, 3.05) is 0 Å². The fraction of sp³-hybridized carbons (Fsp3) is 0.333. The molecule has 2 N–H and O–H groups in total. The van der Waals surface area contributed by atoms with Crippen molar-refractivity contribution in [1.82, 2.24) is 0 Å². The summed E-state index contributed by atoms with van der Waals surface area (Å²) in [7, 11) is 0. The van der Waals surface area contributed by atoms with Gasteiger partial charge in [-0.3, -0.25) is 4.79 Å². The van der Waals surface area contributed by atoms with Gasteiger partial charge >= 0.3 is 11.9 Å². The highest BCUT2D eigenvalue weighted by molar-refractivity contribution is 5.80. The second kappa shape index (κ2) is 4.45. The van der Waals surface area contributed by atoms with Crippen molar-refractivity contribution in [2.45, 2.75) is 12.5 Å². The molecule has 0 aromatic carbocycles. The van der Waals surface area contributed by atoms with Crippen molar-refractivity contribution in [3.8, 4) is 0 Å². The number of carboxylic acids is 1. The minimum atomic E-state index is -1.71. The average Bonchev–Trinajstić information content (AvgIpc) is 1.87. The maximum Gasteiger partial charge on any atom is 0.333 e. The lowest BCUT2D eigenvalue weighted by Gasteiger charge is -2.01. The highest BCUT2D eigenvalue weighted by Gasteiger charge is 2.17. The number of rotatable bonds is 4. The van der Waals surface area contributed by atoms with Gasteiger partial charge in [0.1, 0.15) is 0 Å². The first-order chi connectivity index (χ1) is 5.07. The van der Waals surface area contributed by atoms with E-state index >= 15 is 0 Å². The van der Waals surface area contributed by atoms with E-state index in [-0.39, 0.29) is 0 Å². The minimum Gasteiger partial charge on any atom is -0.479 e. The Balaban J connectivity index is 3.74. The molecule has 0 rings (SSSR count). The van der Waals surface area contributed by atoms with Crippen LogP contribution >= 0.6 is 0 Å². The van der Waals surface area contributed by atoms with Crippen molar-refractivity contribution in [3.63, 3.8) is 0 Å². The molecular weight excluding hydrogens is 152 g/mol. The first-order valence-corrected chi connectivity index (χ1v) is 2.79. The molecule has 0 radical (unpaired) electrons. The maximum absolute atomic E-state index is 10.4. The fourth-order valence-corrected chi connectivity index (χ4v) is 0.386. The van der Waals surface area contributed by atoms with Crippen LogP contribution in [0, 0.1) is 0 Å². The molecule has 0 bridgehead atoms. The lowest BCUT2D eigenvalue weighted by molar-refractivity contribution is -0.153. The number of esters is 1. The number of ether oxygens (including phenoxy) is 1. The lowest BCUT2D eigenvalue weighted by Crippen LogP contribution is -2.23. The number of carbonyl (C=O) groups excluding carboxylic acids is 1. The summed E-state index contributed by atoms with van der Waals surface area (Å²) in [6.45, 7) is 3.08. The van der Waals surface area contributed by atoms with Crippen molar-refractivity contribution in [3.05, 3.63) is 12.8 Å². The van der Waals surface area contributed by atoms with Crippen LogP contribution in [0.25, 0.3) is 0 Å². The van der Waals surface area contributed by atoms with Crippen LogP contribution in [0.3, 0.4) is 0 Å². The van der Waals surface area contributed by atoms with Gasteiger partial charge in [0.15, 0.2) is 6.10 Å². The third-order valence-corrected chi connectivity index (χ3v) is 0.860. The first kappa shape index (κ1) is 9.64. The third kappa shape index (κ3) is 4.10. The molecule has 5 heteroatoms. The van der Waals surface area contributed by atoms with E-state index in [1.54, 1.807) is 0 Å². The SMILES string of the molecule is C=COC(=O)CC(O)C(=O)O. The summed E-state index contributed by atoms with van der Waals surface area (Å²) in [6.07, 6.45) is -1.40. The van der Waals surface area contributed by atoms with E-state index in [4.69, 9.17) is 10.2 Å².